The van der Waals surface area contributed by atoms with E-state index in [2.05, 4.69) is 25.7 Å². The average molecular weight is 226 g/mol. The van der Waals surface area contributed by atoms with Crippen LogP contribution in [-0.4, -0.2) is 30.1 Å². The molecule has 1 rings (SSSR count). The highest BCUT2D eigenvalue weighted by Crippen LogP contribution is 2.22. The number of nitrogens with two attached hydrogens (primary N) is 1. The molecule has 0 bridgehead atoms. The van der Waals surface area contributed by atoms with Gasteiger partial charge in [0.2, 0.25) is 0 Å². The molecule has 1 fully saturated rings. The first-order valence-corrected chi connectivity index (χ1v) is 7.13. The van der Waals surface area contributed by atoms with Gasteiger partial charge in [-0.05, 0) is 44.6 Å². The Labute approximate surface area is 102 Å². The first kappa shape index (κ1) is 14.0. The molecule has 1 aliphatic heterocycles. The predicted molar refractivity (Wildman–Crippen MR) is 71.6 cm³/mol. The molecule has 2 heteroatoms. The Morgan fingerprint density at radius 1 is 1.31 bits per heavy atom. The fraction of sp³-hybridized carbons (Fsp3) is 1.00. The Balaban J connectivity index is 2.34. The monoisotopic (exact) mass is 226 g/mol. The van der Waals surface area contributed by atoms with E-state index in [0.717, 1.165) is 18.4 Å². The molecule has 1 saturated heterocycles. The van der Waals surface area contributed by atoms with Crippen LogP contribution in [0.2, 0.25) is 0 Å². The molecule has 2 N–H and O–H groups in total. The summed E-state index contributed by atoms with van der Waals surface area (Å²) in [6.07, 6.45) is 7.83. The maximum atomic E-state index is 6.02. The quantitative estimate of drug-likeness (QED) is 0.754. The predicted octanol–water partition coefficient (Wildman–Crippen LogP) is 3.01. The van der Waals surface area contributed by atoms with Crippen LogP contribution < -0.4 is 5.73 Å². The minimum atomic E-state index is 0.419. The fourth-order valence-electron chi connectivity index (χ4n) is 2.71. The van der Waals surface area contributed by atoms with Crippen molar-refractivity contribution in [3.8, 4) is 0 Å². The summed E-state index contributed by atoms with van der Waals surface area (Å²) in [7, 11) is 0. The highest BCUT2D eigenvalue weighted by atomic mass is 15.2. The van der Waals surface area contributed by atoms with Crippen molar-refractivity contribution in [1.29, 1.82) is 0 Å². The zero-order valence-electron chi connectivity index (χ0n) is 11.4. The number of piperidine rings is 1. The number of nitrogens with zero attached hydrogens (tertiary/aromatic N) is 1. The number of likely N-dealkylation sites (tertiary alicyclic amines) is 1. The topological polar surface area (TPSA) is 29.3 Å². The van der Waals surface area contributed by atoms with Crippen molar-refractivity contribution in [1.82, 2.24) is 4.90 Å². The van der Waals surface area contributed by atoms with Crippen molar-refractivity contribution in [3.63, 3.8) is 0 Å². The summed E-state index contributed by atoms with van der Waals surface area (Å²) in [4.78, 5) is 2.70. The van der Waals surface area contributed by atoms with Gasteiger partial charge in [0, 0.05) is 18.6 Å². The average Bonchev–Trinajstić information content (AvgIpc) is 2.26. The van der Waals surface area contributed by atoms with E-state index in [9.17, 15) is 0 Å². The van der Waals surface area contributed by atoms with Crippen molar-refractivity contribution < 1.29 is 0 Å². The van der Waals surface area contributed by atoms with Gasteiger partial charge in [0.15, 0.2) is 0 Å². The van der Waals surface area contributed by atoms with Crippen LogP contribution in [0.5, 0.6) is 0 Å². The van der Waals surface area contributed by atoms with Gasteiger partial charge in [-0.2, -0.15) is 0 Å². The van der Waals surface area contributed by atoms with Crippen LogP contribution >= 0.6 is 0 Å². The molecular formula is C14H30N2. The van der Waals surface area contributed by atoms with Crippen molar-refractivity contribution in [2.75, 3.05) is 13.1 Å². The Morgan fingerprint density at radius 2 is 2.06 bits per heavy atom. The van der Waals surface area contributed by atoms with E-state index in [1.165, 1.54) is 45.2 Å². The summed E-state index contributed by atoms with van der Waals surface area (Å²) in [5, 5.41) is 0. The van der Waals surface area contributed by atoms with Crippen molar-refractivity contribution in [2.24, 2.45) is 11.7 Å². The van der Waals surface area contributed by atoms with E-state index in [1.807, 2.05) is 0 Å². The SMILES string of the molecule is CCC(N)CCC1CCCCN1CC(C)C. The summed E-state index contributed by atoms with van der Waals surface area (Å²) in [5.74, 6) is 0.792. The number of rotatable bonds is 6. The molecule has 0 aromatic rings. The van der Waals surface area contributed by atoms with Crippen molar-refractivity contribution >= 4 is 0 Å². The zero-order chi connectivity index (χ0) is 12.0. The molecule has 1 aliphatic rings. The molecule has 0 saturated carbocycles. The highest BCUT2D eigenvalue weighted by Gasteiger charge is 2.22. The van der Waals surface area contributed by atoms with Crippen LogP contribution in [-0.2, 0) is 0 Å². The maximum Gasteiger partial charge on any atom is 0.00959 e. The number of hydrogen-bond donors (Lipinski definition) is 1. The normalized spacial score (nSPS) is 24.9. The molecule has 0 radical (unpaired) electrons. The molecule has 2 atom stereocenters. The minimum absolute atomic E-state index is 0.419. The van der Waals surface area contributed by atoms with Crippen molar-refractivity contribution in [2.45, 2.75) is 71.4 Å². The van der Waals surface area contributed by atoms with Gasteiger partial charge in [-0.1, -0.05) is 27.2 Å². The van der Waals surface area contributed by atoms with Crippen LogP contribution in [0.1, 0.15) is 59.3 Å². The standard InChI is InChI=1S/C14H30N2/c1-4-13(15)8-9-14-7-5-6-10-16(14)11-12(2)3/h12-14H,4-11,15H2,1-3H3. The summed E-state index contributed by atoms with van der Waals surface area (Å²) in [6, 6.07) is 1.23. The Morgan fingerprint density at radius 3 is 2.69 bits per heavy atom. The third kappa shape index (κ3) is 4.84. The lowest BCUT2D eigenvalue weighted by atomic mass is 9.94. The first-order chi connectivity index (χ1) is 7.63. The highest BCUT2D eigenvalue weighted by molar-refractivity contribution is 4.79. The summed E-state index contributed by atoms with van der Waals surface area (Å²) in [5.41, 5.74) is 6.02. The van der Waals surface area contributed by atoms with E-state index in [-0.39, 0.29) is 0 Å². The van der Waals surface area contributed by atoms with Crippen LogP contribution in [0.15, 0.2) is 0 Å². The fourth-order valence-corrected chi connectivity index (χ4v) is 2.71. The third-order valence-electron chi connectivity index (χ3n) is 3.74. The van der Waals surface area contributed by atoms with Gasteiger partial charge in [0.05, 0.1) is 0 Å². The molecule has 0 aromatic carbocycles. The first-order valence-electron chi connectivity index (χ1n) is 7.13. The lowest BCUT2D eigenvalue weighted by molar-refractivity contribution is 0.121. The minimum Gasteiger partial charge on any atom is -0.328 e. The molecule has 0 aliphatic carbocycles. The van der Waals surface area contributed by atoms with E-state index in [4.69, 9.17) is 5.73 Å². The summed E-state index contributed by atoms with van der Waals surface area (Å²) in [6.45, 7) is 9.42. The molecule has 0 aromatic heterocycles. The van der Waals surface area contributed by atoms with Gasteiger partial charge in [0.1, 0.15) is 0 Å². The van der Waals surface area contributed by atoms with Crippen LogP contribution in [0.4, 0.5) is 0 Å². The van der Waals surface area contributed by atoms with Gasteiger partial charge in [-0.3, -0.25) is 0 Å². The molecular weight excluding hydrogens is 196 g/mol. The van der Waals surface area contributed by atoms with E-state index in [0.29, 0.717) is 6.04 Å². The van der Waals surface area contributed by atoms with E-state index in [1.54, 1.807) is 0 Å². The van der Waals surface area contributed by atoms with Crippen LogP contribution in [0, 0.1) is 5.92 Å². The second-order valence-corrected chi connectivity index (χ2v) is 5.78. The Hall–Kier alpha value is -0.0800. The Kier molecular flexibility index (Phi) is 6.37. The summed E-state index contributed by atoms with van der Waals surface area (Å²) >= 11 is 0. The zero-order valence-corrected chi connectivity index (χ0v) is 11.4. The lowest BCUT2D eigenvalue weighted by Crippen LogP contribution is -2.42. The lowest BCUT2D eigenvalue weighted by Gasteiger charge is -2.37. The molecule has 2 unspecified atom stereocenters. The second kappa shape index (κ2) is 7.29. The molecule has 96 valence electrons. The molecule has 0 amide bonds. The van der Waals surface area contributed by atoms with Crippen molar-refractivity contribution in [3.05, 3.63) is 0 Å². The van der Waals surface area contributed by atoms with Crippen LogP contribution in [0.3, 0.4) is 0 Å². The molecule has 16 heavy (non-hydrogen) atoms. The Bertz CT molecular complexity index is 180. The largest absolute Gasteiger partial charge is 0.328 e. The number of hydrogen-bond acceptors (Lipinski definition) is 2. The van der Waals surface area contributed by atoms with Gasteiger partial charge in [-0.25, -0.2) is 0 Å². The smallest absolute Gasteiger partial charge is 0.00959 e. The van der Waals surface area contributed by atoms with Gasteiger partial charge in [0.25, 0.3) is 0 Å². The van der Waals surface area contributed by atoms with Gasteiger partial charge < -0.3 is 10.6 Å². The van der Waals surface area contributed by atoms with Crippen LogP contribution in [0.25, 0.3) is 0 Å². The van der Waals surface area contributed by atoms with Gasteiger partial charge >= 0.3 is 0 Å². The van der Waals surface area contributed by atoms with Gasteiger partial charge in [-0.15, -0.1) is 0 Å². The maximum absolute atomic E-state index is 6.02. The van der Waals surface area contributed by atoms with E-state index >= 15 is 0 Å². The van der Waals surface area contributed by atoms with E-state index < -0.39 is 0 Å². The summed E-state index contributed by atoms with van der Waals surface area (Å²) < 4.78 is 0. The molecule has 2 nitrogen and oxygen atoms in total. The second-order valence-electron chi connectivity index (χ2n) is 5.78. The third-order valence-corrected chi connectivity index (χ3v) is 3.74. The molecule has 1 heterocycles. The molecule has 0 spiro atoms.